The number of hydrogen-bond acceptors (Lipinski definition) is 32. The molecule has 7 aliphatic rings. The fourth-order valence-electron chi connectivity index (χ4n) is 17.1. The largest absolute Gasteiger partial charge is 0.507 e. The molecule has 27 atom stereocenters. The highest BCUT2D eigenvalue weighted by molar-refractivity contribution is 6.24. The van der Waals surface area contributed by atoms with E-state index in [1.165, 1.54) is 93.0 Å². The van der Waals surface area contributed by atoms with Gasteiger partial charge in [0.15, 0.2) is 18.3 Å². The highest BCUT2D eigenvalue weighted by atomic mass is 16.7. The number of fused-ring (bicyclic) bond motifs is 14. The van der Waals surface area contributed by atoms with Crippen LogP contribution in [-0.4, -0.2) is 290 Å². The number of phenols is 3. The summed E-state index contributed by atoms with van der Waals surface area (Å²) in [5, 5.41) is 112. The number of hydrazine groups is 1. The maximum absolute atomic E-state index is 14.4. The Morgan fingerprint density at radius 1 is 0.769 bits per heavy atom. The zero-order valence-electron chi connectivity index (χ0n) is 74.5. The number of piperazine rings is 1. The molecule has 7 aliphatic heterocycles. The summed E-state index contributed by atoms with van der Waals surface area (Å²) in [5.74, 6) is -8.23. The monoisotopic (exact) mass is 1710 g/mol. The maximum atomic E-state index is 14.4. The molecule has 0 aliphatic carbocycles. The molecule has 678 valence electrons. The van der Waals surface area contributed by atoms with E-state index in [2.05, 4.69) is 20.3 Å². The van der Waals surface area contributed by atoms with Crippen LogP contribution in [0.2, 0.25) is 0 Å². The number of nitrogens with zero attached hydrogens (tertiary/aromatic N) is 5. The summed E-state index contributed by atoms with van der Waals surface area (Å²) in [6.45, 7) is 32.1. The average molecular weight is 1710 g/mol. The van der Waals surface area contributed by atoms with Gasteiger partial charge in [0.2, 0.25) is 0 Å². The van der Waals surface area contributed by atoms with Gasteiger partial charge >= 0.3 is 17.7 Å². The number of esters is 2. The number of carbonyl (C=O) groups excluding carboxylic acids is 6. The van der Waals surface area contributed by atoms with E-state index in [0.717, 1.165) is 13.1 Å². The normalized spacial score (nSPS) is 37.4. The minimum absolute atomic E-state index is 0.0559. The number of likely N-dealkylation sites (N-methyl/N-ethyl adjacent to an activating group) is 2. The van der Waals surface area contributed by atoms with Crippen molar-refractivity contribution in [3.8, 4) is 23.0 Å². The molecular formula is C87H134N8O26. The van der Waals surface area contributed by atoms with Crippen LogP contribution >= 0.6 is 0 Å². The number of methoxy groups -OCH3 is 3. The summed E-state index contributed by atoms with van der Waals surface area (Å²) < 4.78 is 67.5. The minimum Gasteiger partial charge on any atom is -0.507 e. The number of Topliss-reactive ketones (excluding diaryl/α,β-unsaturated/α-hetero) is 2. The number of hydrogen-bond donors (Lipinski definition) is 12. The van der Waals surface area contributed by atoms with Crippen molar-refractivity contribution in [2.24, 2.45) is 58.3 Å². The van der Waals surface area contributed by atoms with E-state index < -0.39 is 191 Å². The summed E-state index contributed by atoms with van der Waals surface area (Å²) in [7, 11) is 10.2. The summed E-state index contributed by atoms with van der Waals surface area (Å²) in [6.07, 6.45) is -0.805. The number of aromatic hydroxyl groups is 3. The second kappa shape index (κ2) is 42.2. The van der Waals surface area contributed by atoms with Gasteiger partial charge in [-0.25, -0.2) is 5.84 Å². The number of phenolic OH excluding ortho intramolecular Hbond substituents is 3. The molecule has 2 amide bonds. The number of nitrogen functional groups attached to an aromatic ring is 1. The van der Waals surface area contributed by atoms with Gasteiger partial charge in [-0.1, -0.05) is 73.6 Å². The van der Waals surface area contributed by atoms with Crippen LogP contribution in [0, 0.1) is 54.3 Å². The quantitative estimate of drug-likeness (QED) is 0.0166. The number of aromatic nitrogens is 1. The molecular weight excluding hydrogens is 1570 g/mol. The van der Waals surface area contributed by atoms with Crippen molar-refractivity contribution in [1.82, 2.24) is 25.2 Å². The first-order valence-corrected chi connectivity index (χ1v) is 41.4. The van der Waals surface area contributed by atoms with Crippen LogP contribution in [-0.2, 0) is 66.5 Å². The van der Waals surface area contributed by atoms with Gasteiger partial charge < -0.3 is 113 Å². The van der Waals surface area contributed by atoms with Crippen molar-refractivity contribution in [3.63, 3.8) is 0 Å². The number of nitrogens with one attached hydrogen (secondary N) is 2. The number of rotatable bonds is 13. The molecule has 13 N–H and O–H groups in total. The lowest BCUT2D eigenvalue weighted by Crippen LogP contribution is -2.61. The number of aliphatic hydroxyl groups is 6. The number of allylic oxidation sites excluding steroid dienone is 2. The summed E-state index contributed by atoms with van der Waals surface area (Å²) in [5.41, 5.74) is -2.07. The van der Waals surface area contributed by atoms with Crippen LogP contribution < -0.4 is 21.3 Å². The van der Waals surface area contributed by atoms with E-state index in [4.69, 9.17) is 57.9 Å². The molecule has 5 bridgehead atoms. The number of hydrazone groups is 1. The fourth-order valence-corrected chi connectivity index (χ4v) is 17.1. The number of pyridine rings is 1. The summed E-state index contributed by atoms with van der Waals surface area (Å²) in [6, 6.07) is 2.89. The molecule has 10 rings (SSSR count). The molecule has 8 heterocycles. The average Bonchev–Trinajstić information content (AvgIpc) is 1.58. The van der Waals surface area contributed by atoms with Gasteiger partial charge in [-0.2, -0.15) is 5.10 Å². The van der Waals surface area contributed by atoms with Crippen molar-refractivity contribution in [2.75, 3.05) is 74.0 Å². The lowest BCUT2D eigenvalue weighted by Gasteiger charge is -2.50. The van der Waals surface area contributed by atoms with Gasteiger partial charge in [-0.3, -0.25) is 44.2 Å². The second-order valence-corrected chi connectivity index (χ2v) is 34.5. The van der Waals surface area contributed by atoms with Gasteiger partial charge in [-0.05, 0) is 114 Å². The molecule has 4 fully saturated rings. The number of nitrogens with two attached hydrogens (primary N) is 1. The van der Waals surface area contributed by atoms with Crippen molar-refractivity contribution in [2.45, 2.75) is 265 Å². The van der Waals surface area contributed by atoms with Crippen LogP contribution in [0.3, 0.4) is 0 Å². The first kappa shape index (κ1) is 100. The highest BCUT2D eigenvalue weighted by Crippen LogP contribution is 2.55. The minimum atomic E-state index is -2.04. The molecule has 121 heavy (non-hydrogen) atoms. The third kappa shape index (κ3) is 22.6. The van der Waals surface area contributed by atoms with E-state index >= 15 is 0 Å². The zero-order chi connectivity index (χ0) is 90.7. The summed E-state index contributed by atoms with van der Waals surface area (Å²) in [4.78, 5) is 87.2. The number of aliphatic hydroxyl groups excluding tert-OH is 5. The summed E-state index contributed by atoms with van der Waals surface area (Å²) >= 11 is 0. The van der Waals surface area contributed by atoms with Crippen molar-refractivity contribution < 1.29 is 127 Å². The molecule has 0 unspecified atom stereocenters. The Morgan fingerprint density at radius 3 is 1.98 bits per heavy atom. The van der Waals surface area contributed by atoms with Crippen molar-refractivity contribution >= 4 is 58.0 Å². The Labute approximate surface area is 709 Å². The van der Waals surface area contributed by atoms with Gasteiger partial charge in [0.05, 0.1) is 101 Å². The van der Waals surface area contributed by atoms with Crippen LogP contribution in [0.1, 0.15) is 175 Å². The van der Waals surface area contributed by atoms with Crippen LogP contribution in [0.25, 0.3) is 10.8 Å². The Morgan fingerprint density at radius 2 is 1.40 bits per heavy atom. The van der Waals surface area contributed by atoms with E-state index in [-0.39, 0.29) is 87.6 Å². The Balaban J connectivity index is 0.000000300. The first-order chi connectivity index (χ1) is 56.6. The number of ether oxygens (including phenoxy) is 11. The first-order valence-electron chi connectivity index (χ1n) is 41.4. The molecule has 0 saturated carbocycles. The SMILES string of the molecule is CC[C@H]1OC(=O)[C@H](C)[C@@H](O[C@H]2C[C@@](C)(OC)[C@@H](O)[C@H](C)O2)[C@H](C)[C@@H](O[C@@H]2O[C@H](C)C[C@H](N(C)C)[C@H]2O)[C@](C)(OC)C[C@@H](C)C(=O)[C@H](C)[C@@H](O)[C@]1(C)O.CO[C@H]1/C=C/O[C@@]2(C)Oc3c(C)c(O)c4c(O)c(c(/C=N\N5CCN(C)CC5)c(O)c4c3C2=O)NC(=O)/C(C)=C\C=C\[C@@H](C)[C@H](O)[C@@H](C)[C@H](O)[C@@H](C)[C@H](OC(C)=O)[C@@H]1C.NNC(=O)c1ccncc1. The predicted octanol–water partition coefficient (Wildman–Crippen LogP) is 6.46. The predicted molar refractivity (Wildman–Crippen MR) is 447 cm³/mol. The van der Waals surface area contributed by atoms with E-state index in [0.29, 0.717) is 25.1 Å². The Hall–Kier alpha value is -7.88. The zero-order valence-corrected chi connectivity index (χ0v) is 74.5. The standard InChI is InChI=1S/C43H58N4O12.C38H69NO13.C6H7N3O/c1-21-12-11-13-22(2)42(55)45-33-28(20-44-47-17-15-46(9)16-18-47)37(52)30-31(38(33)53)36(51)26(6)40-32(30)41(54)43(8,59-40)57-19-14-29(56-10)23(3)39(58-27(7)48)25(5)35(50)24(4)34(21)49;1-15-26-38(10,45)31(42)21(4)28(40)19(2)17-37(9,47-14)33(52-35-29(41)25(39(11)12)16-20(3)48-35)22(5)30(23(6)34(44)50-26)51-27-18-36(8,46-13)32(43)24(7)49-27;7-9-6(10)5-1-3-8-4-2-5/h11-14,19-21,23-25,29,34-35,39,49-53H,15-18H2,1-10H3,(H,45,55);19-27,29-33,35,41-43,45H,15-18H2,1-14H3;1-4H,7H2,(H,9,10)/b12-11+,19-14+,22-13-,44-20-;;/t21-,23-,24-,25-,29+,34+,35+,39-,43+;19-,20-,21+,22+,23-,24+,25+,26-,27+,29-,30+,31-,32+,33-,35+,36-,37-,38-;/m11./s1. The lowest BCUT2D eigenvalue weighted by molar-refractivity contribution is -0.319. The second-order valence-electron chi connectivity index (χ2n) is 34.5. The fraction of sp³-hybridized carbons (Fsp3) is 0.678. The van der Waals surface area contributed by atoms with Gasteiger partial charge in [0.25, 0.3) is 17.6 Å². The number of carbonyl (C=O) groups is 6. The Kier molecular flexibility index (Phi) is 35.0. The van der Waals surface area contributed by atoms with Gasteiger partial charge in [0.1, 0.15) is 53.0 Å². The number of ketones is 2. The third-order valence-corrected chi connectivity index (χ3v) is 25.2. The van der Waals surface area contributed by atoms with E-state index in [9.17, 15) is 74.7 Å². The molecule has 34 nitrogen and oxygen atoms in total. The van der Waals surface area contributed by atoms with Crippen LogP contribution in [0.5, 0.6) is 23.0 Å². The van der Waals surface area contributed by atoms with E-state index in [1.54, 1.807) is 105 Å². The molecule has 4 saturated heterocycles. The van der Waals surface area contributed by atoms with Crippen molar-refractivity contribution in [3.05, 3.63) is 82.9 Å². The smallest absolute Gasteiger partial charge is 0.312 e. The number of benzene rings is 2. The number of anilines is 1. The van der Waals surface area contributed by atoms with E-state index in [1.807, 2.05) is 45.3 Å². The molecule has 1 aromatic heterocycles. The topological polar surface area (TPSA) is 471 Å². The molecule has 34 heteroatoms. The third-order valence-electron chi connectivity index (χ3n) is 25.2. The number of amides is 2. The lowest BCUT2D eigenvalue weighted by atomic mass is 9.74. The molecule has 2 aromatic carbocycles. The highest BCUT2D eigenvalue weighted by Gasteiger charge is 2.56. The molecule has 0 spiro atoms. The van der Waals surface area contributed by atoms with Crippen LogP contribution in [0.4, 0.5) is 5.69 Å². The Bertz CT molecular complexity index is 4180. The number of cyclic esters (lactones) is 1. The molecule has 0 radical (unpaired) electrons. The molecule has 3 aromatic rings. The van der Waals surface area contributed by atoms with Gasteiger partial charge in [0, 0.05) is 150 Å². The maximum Gasteiger partial charge on any atom is 0.312 e. The van der Waals surface area contributed by atoms with Gasteiger partial charge in [-0.15, -0.1) is 0 Å². The van der Waals surface area contributed by atoms with Crippen LogP contribution in [0.15, 0.2) is 65.8 Å². The van der Waals surface area contributed by atoms with Crippen molar-refractivity contribution in [1.29, 1.82) is 0 Å².